The number of hydrogen-bond acceptors (Lipinski definition) is 4. The number of anilines is 1. The largest absolute Gasteiger partial charge is 0.497 e. The van der Waals surface area contributed by atoms with Gasteiger partial charge < -0.3 is 14.8 Å². The summed E-state index contributed by atoms with van der Waals surface area (Å²) in [6, 6.07) is 17.5. The van der Waals surface area contributed by atoms with E-state index < -0.39 is 0 Å². The molecule has 1 heterocycles. The fourth-order valence-corrected chi connectivity index (χ4v) is 2.82. The normalized spacial score (nSPS) is 18.1. The lowest BCUT2D eigenvalue weighted by Crippen LogP contribution is -2.42. The SMILES string of the molecule is COc1cccc(NC(=O)CN2CCOC(c3ccccc3)C2)c1. The number of rotatable bonds is 5. The van der Waals surface area contributed by atoms with E-state index in [0.29, 0.717) is 13.2 Å². The molecule has 2 aromatic rings. The van der Waals surface area contributed by atoms with Crippen LogP contribution in [0.1, 0.15) is 11.7 Å². The molecule has 1 amide bonds. The number of benzene rings is 2. The van der Waals surface area contributed by atoms with Gasteiger partial charge in [-0.3, -0.25) is 9.69 Å². The Labute approximate surface area is 142 Å². The second-order valence-electron chi connectivity index (χ2n) is 5.79. The lowest BCUT2D eigenvalue weighted by atomic mass is 10.1. The van der Waals surface area contributed by atoms with Crippen LogP contribution in [0.3, 0.4) is 0 Å². The van der Waals surface area contributed by atoms with Crippen molar-refractivity contribution in [2.75, 3.05) is 38.7 Å². The monoisotopic (exact) mass is 326 g/mol. The summed E-state index contributed by atoms with van der Waals surface area (Å²) in [5.74, 6) is 0.695. The number of methoxy groups -OCH3 is 1. The van der Waals surface area contributed by atoms with Gasteiger partial charge in [0.15, 0.2) is 0 Å². The third-order valence-corrected chi connectivity index (χ3v) is 4.04. The van der Waals surface area contributed by atoms with Gasteiger partial charge >= 0.3 is 0 Å². The Bertz CT molecular complexity index is 675. The lowest BCUT2D eigenvalue weighted by Gasteiger charge is -2.32. The Hall–Kier alpha value is -2.37. The van der Waals surface area contributed by atoms with E-state index >= 15 is 0 Å². The number of carbonyl (C=O) groups is 1. The minimum atomic E-state index is -0.0306. The van der Waals surface area contributed by atoms with Gasteiger partial charge in [-0.05, 0) is 17.7 Å². The molecule has 24 heavy (non-hydrogen) atoms. The van der Waals surface area contributed by atoms with Crippen LogP contribution < -0.4 is 10.1 Å². The number of amides is 1. The summed E-state index contributed by atoms with van der Waals surface area (Å²) in [4.78, 5) is 14.4. The highest BCUT2D eigenvalue weighted by Crippen LogP contribution is 2.22. The fourth-order valence-electron chi connectivity index (χ4n) is 2.82. The first-order chi connectivity index (χ1) is 11.7. The van der Waals surface area contributed by atoms with Crippen molar-refractivity contribution in [2.45, 2.75) is 6.10 Å². The molecule has 1 N–H and O–H groups in total. The number of nitrogens with zero attached hydrogens (tertiary/aromatic N) is 1. The molecule has 3 rings (SSSR count). The van der Waals surface area contributed by atoms with Gasteiger partial charge in [0.1, 0.15) is 5.75 Å². The maximum absolute atomic E-state index is 12.3. The second-order valence-corrected chi connectivity index (χ2v) is 5.79. The number of hydrogen-bond donors (Lipinski definition) is 1. The molecule has 2 aromatic carbocycles. The molecule has 126 valence electrons. The highest BCUT2D eigenvalue weighted by Gasteiger charge is 2.23. The summed E-state index contributed by atoms with van der Waals surface area (Å²) >= 11 is 0. The van der Waals surface area contributed by atoms with E-state index in [9.17, 15) is 4.79 Å². The number of carbonyl (C=O) groups excluding carboxylic acids is 1. The van der Waals surface area contributed by atoms with Gasteiger partial charge in [-0.1, -0.05) is 36.4 Å². The van der Waals surface area contributed by atoms with E-state index in [2.05, 4.69) is 22.3 Å². The van der Waals surface area contributed by atoms with E-state index in [0.717, 1.165) is 30.1 Å². The molecule has 0 aromatic heterocycles. The van der Waals surface area contributed by atoms with Gasteiger partial charge in [0.05, 0.1) is 26.4 Å². The van der Waals surface area contributed by atoms with E-state index in [1.807, 2.05) is 42.5 Å². The van der Waals surface area contributed by atoms with Crippen molar-refractivity contribution in [1.82, 2.24) is 4.90 Å². The van der Waals surface area contributed by atoms with Gasteiger partial charge in [-0.25, -0.2) is 0 Å². The molecule has 1 aliphatic rings. The zero-order valence-corrected chi connectivity index (χ0v) is 13.8. The summed E-state index contributed by atoms with van der Waals surface area (Å²) in [5, 5.41) is 2.92. The molecule has 0 saturated carbocycles. The average Bonchev–Trinajstić information content (AvgIpc) is 2.63. The number of morpholine rings is 1. The van der Waals surface area contributed by atoms with E-state index in [1.54, 1.807) is 7.11 Å². The van der Waals surface area contributed by atoms with Gasteiger partial charge in [-0.2, -0.15) is 0 Å². The minimum absolute atomic E-state index is 0.0181. The number of nitrogens with one attached hydrogen (secondary N) is 1. The lowest BCUT2D eigenvalue weighted by molar-refractivity contribution is -0.119. The Morgan fingerprint density at radius 2 is 2.08 bits per heavy atom. The van der Waals surface area contributed by atoms with Crippen molar-refractivity contribution in [2.24, 2.45) is 0 Å². The van der Waals surface area contributed by atoms with Crippen LogP contribution in [0.2, 0.25) is 0 Å². The fraction of sp³-hybridized carbons (Fsp3) is 0.316. The number of ether oxygens (including phenoxy) is 2. The molecule has 0 spiro atoms. The molecular weight excluding hydrogens is 304 g/mol. The summed E-state index contributed by atoms with van der Waals surface area (Å²) in [5.41, 5.74) is 1.89. The quantitative estimate of drug-likeness (QED) is 0.918. The Kier molecular flexibility index (Phi) is 5.46. The van der Waals surface area contributed by atoms with Crippen molar-refractivity contribution in [3.8, 4) is 5.75 Å². The van der Waals surface area contributed by atoms with Crippen LogP contribution >= 0.6 is 0 Å². The molecule has 0 bridgehead atoms. The highest BCUT2D eigenvalue weighted by molar-refractivity contribution is 5.92. The van der Waals surface area contributed by atoms with Crippen LogP contribution in [0.5, 0.6) is 5.75 Å². The predicted octanol–water partition coefficient (Wildman–Crippen LogP) is 2.71. The zero-order chi connectivity index (χ0) is 16.8. The van der Waals surface area contributed by atoms with Gasteiger partial charge in [0.2, 0.25) is 5.91 Å². The molecule has 1 atom stereocenters. The van der Waals surface area contributed by atoms with Crippen molar-refractivity contribution in [1.29, 1.82) is 0 Å². The molecular formula is C19H22N2O3. The molecule has 1 fully saturated rings. The van der Waals surface area contributed by atoms with E-state index in [1.165, 1.54) is 0 Å². The van der Waals surface area contributed by atoms with Gasteiger partial charge in [0.25, 0.3) is 0 Å². The minimum Gasteiger partial charge on any atom is -0.497 e. The van der Waals surface area contributed by atoms with Crippen molar-refractivity contribution < 1.29 is 14.3 Å². The molecule has 1 saturated heterocycles. The van der Waals surface area contributed by atoms with Crippen molar-refractivity contribution in [3.63, 3.8) is 0 Å². The van der Waals surface area contributed by atoms with Crippen LogP contribution in [0.15, 0.2) is 54.6 Å². The topological polar surface area (TPSA) is 50.8 Å². The summed E-state index contributed by atoms with van der Waals surface area (Å²) in [6.45, 7) is 2.46. The maximum atomic E-state index is 12.3. The Balaban J connectivity index is 1.56. The Morgan fingerprint density at radius 1 is 1.25 bits per heavy atom. The molecule has 1 aliphatic heterocycles. The first kappa shape index (κ1) is 16.5. The predicted molar refractivity (Wildman–Crippen MR) is 93.2 cm³/mol. The van der Waals surface area contributed by atoms with Crippen LogP contribution in [-0.4, -0.2) is 44.2 Å². The third kappa shape index (κ3) is 4.34. The standard InChI is InChI=1S/C19H22N2O3/c1-23-17-9-5-8-16(12-17)20-19(22)14-21-10-11-24-18(13-21)15-6-3-2-4-7-15/h2-9,12,18H,10-11,13-14H2,1H3,(H,20,22). The van der Waals surface area contributed by atoms with Crippen molar-refractivity contribution in [3.05, 3.63) is 60.2 Å². The van der Waals surface area contributed by atoms with E-state index in [4.69, 9.17) is 9.47 Å². The van der Waals surface area contributed by atoms with Gasteiger partial charge in [-0.15, -0.1) is 0 Å². The van der Waals surface area contributed by atoms with Crippen LogP contribution in [-0.2, 0) is 9.53 Å². The zero-order valence-electron chi connectivity index (χ0n) is 13.8. The summed E-state index contributed by atoms with van der Waals surface area (Å²) < 4.78 is 11.0. The third-order valence-electron chi connectivity index (χ3n) is 4.04. The molecule has 1 unspecified atom stereocenters. The smallest absolute Gasteiger partial charge is 0.238 e. The molecule has 5 heteroatoms. The molecule has 5 nitrogen and oxygen atoms in total. The highest BCUT2D eigenvalue weighted by atomic mass is 16.5. The first-order valence-corrected chi connectivity index (χ1v) is 8.07. The average molecular weight is 326 g/mol. The van der Waals surface area contributed by atoms with Crippen LogP contribution in [0.25, 0.3) is 0 Å². The Morgan fingerprint density at radius 3 is 2.88 bits per heavy atom. The van der Waals surface area contributed by atoms with Crippen molar-refractivity contribution >= 4 is 11.6 Å². The van der Waals surface area contributed by atoms with E-state index in [-0.39, 0.29) is 12.0 Å². The first-order valence-electron chi connectivity index (χ1n) is 8.07. The molecule has 0 aliphatic carbocycles. The maximum Gasteiger partial charge on any atom is 0.238 e. The second kappa shape index (κ2) is 7.95. The van der Waals surface area contributed by atoms with Crippen LogP contribution in [0.4, 0.5) is 5.69 Å². The van der Waals surface area contributed by atoms with Gasteiger partial charge in [0, 0.05) is 24.8 Å². The van der Waals surface area contributed by atoms with Crippen LogP contribution in [0, 0.1) is 0 Å². The summed E-state index contributed by atoms with van der Waals surface area (Å²) in [7, 11) is 1.61. The summed E-state index contributed by atoms with van der Waals surface area (Å²) in [6.07, 6.45) is 0.0181. The molecule has 0 radical (unpaired) electrons.